The fraction of sp³-hybridized carbons (Fsp3) is 0.214. The number of nitrogens with one attached hydrogen (secondary N) is 1. The van der Waals surface area contributed by atoms with Gasteiger partial charge in [0.25, 0.3) is 0 Å². The molecule has 3 rings (SSSR count). The molecule has 0 amide bonds. The molecule has 0 radical (unpaired) electrons. The Balaban J connectivity index is 1.72. The lowest BCUT2D eigenvalue weighted by Gasteiger charge is -2.12. The molecule has 1 unspecified atom stereocenters. The highest BCUT2D eigenvalue weighted by Gasteiger charge is 2.35. The summed E-state index contributed by atoms with van der Waals surface area (Å²) in [5, 5.41) is 2.63. The Labute approximate surface area is 144 Å². The average Bonchev–Trinajstić information content (AvgIpc) is 3.06. The van der Waals surface area contributed by atoms with Crippen LogP contribution in [-0.2, 0) is 5.38 Å². The molecule has 0 aliphatic heterocycles. The zero-order valence-corrected chi connectivity index (χ0v) is 13.4. The lowest BCUT2D eigenvalue weighted by atomic mass is 10.2. The number of hydrogen-bond acceptors (Lipinski definition) is 7. The molecule has 11 heteroatoms. The van der Waals surface area contributed by atoms with Crippen LogP contribution in [0, 0.1) is 5.82 Å². The van der Waals surface area contributed by atoms with Crippen molar-refractivity contribution in [2.24, 2.45) is 0 Å². The summed E-state index contributed by atoms with van der Waals surface area (Å²) in [5.74, 6) is -1.30. The minimum absolute atomic E-state index is 0.116. The first-order chi connectivity index (χ1) is 11.8. The summed E-state index contributed by atoms with van der Waals surface area (Å²) in [5.41, 5.74) is 0.871. The van der Waals surface area contributed by atoms with Gasteiger partial charge in [0.05, 0.1) is 23.5 Å². The standard InChI is InChI=1S/C14H10ClF3N6O/c1-7(10-3-2-9(16)6-19-10)22-13-20-4-8(5-21-13)11-23-12(25-24-11)14(15,17)18/h2-7H,1H3,(H,20,21,22). The van der Waals surface area contributed by atoms with Gasteiger partial charge in [-0.05, 0) is 30.7 Å². The van der Waals surface area contributed by atoms with Crippen LogP contribution in [0.1, 0.15) is 24.6 Å². The van der Waals surface area contributed by atoms with Gasteiger partial charge in [0.2, 0.25) is 11.8 Å². The molecule has 0 aromatic carbocycles. The Bertz CT molecular complexity index is 850. The van der Waals surface area contributed by atoms with Crippen LogP contribution >= 0.6 is 11.6 Å². The van der Waals surface area contributed by atoms with E-state index in [9.17, 15) is 13.2 Å². The minimum Gasteiger partial charge on any atom is -0.346 e. The topological polar surface area (TPSA) is 89.6 Å². The Morgan fingerprint density at radius 3 is 2.44 bits per heavy atom. The molecule has 0 bridgehead atoms. The summed E-state index contributed by atoms with van der Waals surface area (Å²) < 4.78 is 43.0. The number of nitrogens with zero attached hydrogens (tertiary/aromatic N) is 5. The second kappa shape index (κ2) is 6.63. The van der Waals surface area contributed by atoms with E-state index in [2.05, 4.69) is 34.9 Å². The van der Waals surface area contributed by atoms with Gasteiger partial charge in [0.15, 0.2) is 0 Å². The van der Waals surface area contributed by atoms with Crippen LogP contribution in [-0.4, -0.2) is 25.1 Å². The third-order valence-electron chi connectivity index (χ3n) is 3.12. The number of aromatic nitrogens is 5. The van der Waals surface area contributed by atoms with E-state index >= 15 is 0 Å². The molecular formula is C14H10ClF3N6O. The first-order valence-corrected chi connectivity index (χ1v) is 7.32. The fourth-order valence-electron chi connectivity index (χ4n) is 1.88. The van der Waals surface area contributed by atoms with Gasteiger partial charge in [-0.3, -0.25) is 4.98 Å². The van der Waals surface area contributed by atoms with Crippen LogP contribution < -0.4 is 5.32 Å². The molecule has 0 saturated carbocycles. The Morgan fingerprint density at radius 1 is 1.16 bits per heavy atom. The van der Waals surface area contributed by atoms with Gasteiger partial charge in [-0.2, -0.15) is 13.8 Å². The molecule has 0 fully saturated rings. The molecule has 7 nitrogen and oxygen atoms in total. The van der Waals surface area contributed by atoms with Crippen molar-refractivity contribution in [3.8, 4) is 11.4 Å². The zero-order valence-electron chi connectivity index (χ0n) is 12.6. The molecule has 3 aromatic heterocycles. The first-order valence-electron chi connectivity index (χ1n) is 6.94. The second-order valence-corrected chi connectivity index (χ2v) is 5.46. The van der Waals surface area contributed by atoms with Crippen LogP contribution in [0.15, 0.2) is 35.2 Å². The fourth-order valence-corrected chi connectivity index (χ4v) is 1.96. The Kier molecular flexibility index (Phi) is 4.53. The summed E-state index contributed by atoms with van der Waals surface area (Å²) >= 11 is 4.81. The van der Waals surface area contributed by atoms with Gasteiger partial charge in [0.1, 0.15) is 5.82 Å². The number of anilines is 1. The van der Waals surface area contributed by atoms with Crippen molar-refractivity contribution in [1.82, 2.24) is 25.1 Å². The van der Waals surface area contributed by atoms with Crippen LogP contribution in [0.3, 0.4) is 0 Å². The van der Waals surface area contributed by atoms with Crippen molar-refractivity contribution >= 4 is 17.5 Å². The molecule has 1 atom stereocenters. The third kappa shape index (κ3) is 4.02. The largest absolute Gasteiger partial charge is 0.400 e. The van der Waals surface area contributed by atoms with Gasteiger partial charge in [-0.25, -0.2) is 14.4 Å². The number of pyridine rings is 1. The molecule has 3 heterocycles. The van der Waals surface area contributed by atoms with E-state index < -0.39 is 17.1 Å². The van der Waals surface area contributed by atoms with Crippen molar-refractivity contribution in [2.45, 2.75) is 18.3 Å². The second-order valence-electron chi connectivity index (χ2n) is 4.98. The molecule has 0 aliphatic rings. The van der Waals surface area contributed by atoms with E-state index in [1.807, 2.05) is 0 Å². The maximum Gasteiger partial charge on any atom is 0.400 e. The summed E-state index contributed by atoms with van der Waals surface area (Å²) in [4.78, 5) is 15.5. The van der Waals surface area contributed by atoms with E-state index in [1.54, 1.807) is 6.92 Å². The lowest BCUT2D eigenvalue weighted by Crippen LogP contribution is -2.10. The van der Waals surface area contributed by atoms with Gasteiger partial charge in [0, 0.05) is 12.4 Å². The van der Waals surface area contributed by atoms with Crippen molar-refractivity contribution in [3.63, 3.8) is 0 Å². The zero-order chi connectivity index (χ0) is 18.0. The minimum atomic E-state index is -3.74. The molecular weight excluding hydrogens is 361 g/mol. The normalized spacial score (nSPS) is 12.8. The van der Waals surface area contributed by atoms with Gasteiger partial charge < -0.3 is 9.84 Å². The van der Waals surface area contributed by atoms with Crippen LogP contribution in [0.2, 0.25) is 0 Å². The van der Waals surface area contributed by atoms with Crippen LogP contribution in [0.25, 0.3) is 11.4 Å². The average molecular weight is 371 g/mol. The highest BCUT2D eigenvalue weighted by molar-refractivity contribution is 6.21. The highest BCUT2D eigenvalue weighted by Crippen LogP contribution is 2.31. The van der Waals surface area contributed by atoms with Crippen molar-refractivity contribution in [1.29, 1.82) is 0 Å². The maximum absolute atomic E-state index is 12.9. The van der Waals surface area contributed by atoms with E-state index in [-0.39, 0.29) is 23.4 Å². The number of halogens is 4. The molecule has 0 spiro atoms. The van der Waals surface area contributed by atoms with E-state index in [4.69, 9.17) is 11.6 Å². The van der Waals surface area contributed by atoms with Gasteiger partial charge in [-0.1, -0.05) is 5.16 Å². The SMILES string of the molecule is CC(Nc1ncc(-c2noc(C(F)(F)Cl)n2)cn1)c1ccc(F)cn1. The number of alkyl halides is 3. The molecule has 3 aromatic rings. The maximum atomic E-state index is 12.9. The number of hydrogen-bond donors (Lipinski definition) is 1. The molecule has 0 aliphatic carbocycles. The van der Waals surface area contributed by atoms with Crippen molar-refractivity contribution in [3.05, 3.63) is 48.1 Å². The smallest absolute Gasteiger partial charge is 0.346 e. The first kappa shape index (κ1) is 17.1. The Morgan fingerprint density at radius 2 is 1.88 bits per heavy atom. The highest BCUT2D eigenvalue weighted by atomic mass is 35.5. The van der Waals surface area contributed by atoms with Crippen molar-refractivity contribution in [2.75, 3.05) is 5.32 Å². The lowest BCUT2D eigenvalue weighted by molar-refractivity contribution is 0.0551. The van der Waals surface area contributed by atoms with Crippen LogP contribution in [0.4, 0.5) is 19.1 Å². The molecule has 1 N–H and O–H groups in total. The van der Waals surface area contributed by atoms with E-state index in [0.29, 0.717) is 5.69 Å². The number of rotatable bonds is 5. The molecule has 130 valence electrons. The predicted octanol–water partition coefficient (Wildman–Crippen LogP) is 3.52. The van der Waals surface area contributed by atoms with E-state index in [0.717, 1.165) is 6.20 Å². The predicted molar refractivity (Wildman–Crippen MR) is 81.3 cm³/mol. The summed E-state index contributed by atoms with van der Waals surface area (Å²) in [7, 11) is 0. The summed E-state index contributed by atoms with van der Waals surface area (Å²) in [6, 6.07) is 2.55. The molecule has 25 heavy (non-hydrogen) atoms. The van der Waals surface area contributed by atoms with Crippen molar-refractivity contribution < 1.29 is 17.7 Å². The summed E-state index contributed by atoms with van der Waals surface area (Å²) in [6.07, 6.45) is 3.78. The van der Waals surface area contributed by atoms with Gasteiger partial charge >= 0.3 is 11.3 Å². The third-order valence-corrected chi connectivity index (χ3v) is 3.28. The van der Waals surface area contributed by atoms with Crippen LogP contribution in [0.5, 0.6) is 0 Å². The van der Waals surface area contributed by atoms with E-state index in [1.165, 1.54) is 24.5 Å². The monoisotopic (exact) mass is 370 g/mol. The molecule has 0 saturated heterocycles. The van der Waals surface area contributed by atoms with Gasteiger partial charge in [-0.15, -0.1) is 0 Å². The Hall–Kier alpha value is -2.75. The quantitative estimate of drug-likeness (QED) is 0.687. The summed E-state index contributed by atoms with van der Waals surface area (Å²) in [6.45, 7) is 1.80.